The molecule has 2 aromatic rings. The number of aldehydes is 1. The van der Waals surface area contributed by atoms with Gasteiger partial charge >= 0.3 is 0 Å². The highest BCUT2D eigenvalue weighted by molar-refractivity contribution is 5.64. The summed E-state index contributed by atoms with van der Waals surface area (Å²) in [5.41, 5.74) is 5.49. The van der Waals surface area contributed by atoms with Crippen LogP contribution < -0.4 is 0 Å². The van der Waals surface area contributed by atoms with Crippen molar-refractivity contribution in [2.75, 3.05) is 0 Å². The first kappa shape index (κ1) is 24.7. The molecule has 0 radical (unpaired) electrons. The molecular formula is C31H44O. The fourth-order valence-electron chi connectivity index (χ4n) is 5.42. The zero-order valence-electron chi connectivity index (χ0n) is 20.6. The molecule has 1 nitrogen and oxygen atoms in total. The van der Waals surface area contributed by atoms with Crippen molar-refractivity contribution in [1.29, 1.82) is 0 Å². The van der Waals surface area contributed by atoms with E-state index in [1.807, 2.05) is 0 Å². The van der Waals surface area contributed by atoms with Gasteiger partial charge in [0.15, 0.2) is 0 Å². The van der Waals surface area contributed by atoms with Crippen LogP contribution in [0.5, 0.6) is 0 Å². The minimum Gasteiger partial charge on any atom is -0.303 e. The maximum atomic E-state index is 11.8. The van der Waals surface area contributed by atoms with Crippen LogP contribution in [0, 0.1) is 5.41 Å². The lowest BCUT2D eigenvalue weighted by Crippen LogP contribution is -2.28. The lowest BCUT2D eigenvalue weighted by atomic mass is 9.67. The molecule has 0 N–H and O–H groups in total. The number of benzene rings is 2. The minimum absolute atomic E-state index is 0.0383. The number of carbonyl (C=O) groups is 1. The number of hydrogen-bond donors (Lipinski definition) is 0. The van der Waals surface area contributed by atoms with Gasteiger partial charge in [-0.1, -0.05) is 107 Å². The molecule has 0 heterocycles. The molecule has 0 aliphatic heterocycles. The molecule has 0 aromatic heterocycles. The van der Waals surface area contributed by atoms with E-state index in [4.69, 9.17) is 0 Å². The molecule has 0 bridgehead atoms. The van der Waals surface area contributed by atoms with Crippen LogP contribution in [0.15, 0.2) is 48.5 Å². The molecule has 1 fully saturated rings. The van der Waals surface area contributed by atoms with E-state index in [2.05, 4.69) is 62.4 Å². The van der Waals surface area contributed by atoms with Crippen LogP contribution in [0.4, 0.5) is 0 Å². The third-order valence-corrected chi connectivity index (χ3v) is 7.75. The standard InChI is InChI=1S/C31H44O/c1-3-5-7-8-9-11-26-12-14-27(15-13-26)28-16-18-29(19-17-28)30-20-23-31(25-32,24-21-30)22-10-6-4-2/h12-19,25,30H,3-11,20-24H2,1-2H3. The highest BCUT2D eigenvalue weighted by Gasteiger charge is 2.34. The van der Waals surface area contributed by atoms with E-state index in [0.29, 0.717) is 5.92 Å². The molecule has 32 heavy (non-hydrogen) atoms. The Bertz CT molecular complexity index is 778. The summed E-state index contributed by atoms with van der Waals surface area (Å²) in [6, 6.07) is 18.4. The van der Waals surface area contributed by atoms with Crippen molar-refractivity contribution in [1.82, 2.24) is 0 Å². The molecule has 1 heteroatoms. The van der Waals surface area contributed by atoms with Gasteiger partial charge in [-0.3, -0.25) is 0 Å². The third-order valence-electron chi connectivity index (χ3n) is 7.75. The summed E-state index contributed by atoms with van der Waals surface area (Å²) in [7, 11) is 0. The molecule has 0 amide bonds. The number of unbranched alkanes of at least 4 members (excludes halogenated alkanes) is 6. The van der Waals surface area contributed by atoms with E-state index in [1.165, 1.54) is 86.3 Å². The summed E-state index contributed by atoms with van der Waals surface area (Å²) in [6.45, 7) is 4.51. The Morgan fingerprint density at radius 1 is 0.750 bits per heavy atom. The van der Waals surface area contributed by atoms with Crippen molar-refractivity contribution < 1.29 is 4.79 Å². The third kappa shape index (κ3) is 7.06. The van der Waals surface area contributed by atoms with Crippen LogP contribution in [-0.2, 0) is 11.2 Å². The van der Waals surface area contributed by atoms with Crippen LogP contribution in [0.2, 0.25) is 0 Å². The Balaban J connectivity index is 1.51. The Kier molecular flexibility index (Phi) is 10.0. The van der Waals surface area contributed by atoms with Gasteiger partial charge in [0, 0.05) is 5.41 Å². The number of rotatable bonds is 13. The zero-order valence-corrected chi connectivity index (χ0v) is 20.6. The lowest BCUT2D eigenvalue weighted by Gasteiger charge is -2.36. The van der Waals surface area contributed by atoms with E-state index < -0.39 is 0 Å². The van der Waals surface area contributed by atoms with Crippen molar-refractivity contribution in [2.24, 2.45) is 5.41 Å². The molecule has 0 unspecified atom stereocenters. The summed E-state index contributed by atoms with van der Waals surface area (Å²) < 4.78 is 0. The van der Waals surface area contributed by atoms with E-state index in [9.17, 15) is 4.79 Å². The molecule has 0 atom stereocenters. The maximum Gasteiger partial charge on any atom is 0.126 e. The van der Waals surface area contributed by atoms with Gasteiger partial charge in [-0.15, -0.1) is 0 Å². The number of aryl methyl sites for hydroxylation is 1. The van der Waals surface area contributed by atoms with Gasteiger partial charge in [0.2, 0.25) is 0 Å². The van der Waals surface area contributed by atoms with Crippen molar-refractivity contribution in [3.63, 3.8) is 0 Å². The van der Waals surface area contributed by atoms with Gasteiger partial charge in [0.1, 0.15) is 6.29 Å². The Hall–Kier alpha value is -1.89. The van der Waals surface area contributed by atoms with E-state index in [-0.39, 0.29) is 5.41 Å². The van der Waals surface area contributed by atoms with Crippen molar-refractivity contribution in [2.45, 2.75) is 110 Å². The molecule has 1 saturated carbocycles. The largest absolute Gasteiger partial charge is 0.303 e. The van der Waals surface area contributed by atoms with Gasteiger partial charge < -0.3 is 4.79 Å². The molecule has 174 valence electrons. The van der Waals surface area contributed by atoms with Crippen molar-refractivity contribution >= 4 is 6.29 Å². The first-order valence-electron chi connectivity index (χ1n) is 13.4. The fraction of sp³-hybridized carbons (Fsp3) is 0.581. The van der Waals surface area contributed by atoms with Gasteiger partial charge in [-0.05, 0) is 73.1 Å². The van der Waals surface area contributed by atoms with E-state index in [1.54, 1.807) is 0 Å². The number of carbonyl (C=O) groups excluding carboxylic acids is 1. The lowest BCUT2D eigenvalue weighted by molar-refractivity contribution is -0.118. The van der Waals surface area contributed by atoms with Crippen LogP contribution in [-0.4, -0.2) is 6.29 Å². The second-order valence-corrected chi connectivity index (χ2v) is 10.2. The van der Waals surface area contributed by atoms with Crippen LogP contribution >= 0.6 is 0 Å². The summed E-state index contributed by atoms with van der Waals surface area (Å²) in [4.78, 5) is 11.8. The summed E-state index contributed by atoms with van der Waals surface area (Å²) >= 11 is 0. The summed E-state index contributed by atoms with van der Waals surface area (Å²) in [6.07, 6.45) is 18.4. The highest BCUT2D eigenvalue weighted by atomic mass is 16.1. The van der Waals surface area contributed by atoms with Gasteiger partial charge in [-0.2, -0.15) is 0 Å². The normalized spacial score (nSPS) is 20.9. The maximum absolute atomic E-state index is 11.8. The quantitative estimate of drug-likeness (QED) is 0.228. The SMILES string of the molecule is CCCCCCCc1ccc(-c2ccc(C3CCC(C=O)(CCCCC)CC3)cc2)cc1. The molecule has 0 spiro atoms. The average Bonchev–Trinajstić information content (AvgIpc) is 2.85. The van der Waals surface area contributed by atoms with E-state index in [0.717, 1.165) is 32.1 Å². The molecule has 0 saturated heterocycles. The van der Waals surface area contributed by atoms with Gasteiger partial charge in [0.05, 0.1) is 0 Å². The van der Waals surface area contributed by atoms with Crippen LogP contribution in [0.3, 0.4) is 0 Å². The van der Waals surface area contributed by atoms with Crippen LogP contribution in [0.1, 0.15) is 114 Å². The zero-order chi connectivity index (χ0) is 22.7. The van der Waals surface area contributed by atoms with E-state index >= 15 is 0 Å². The predicted octanol–water partition coefficient (Wildman–Crippen LogP) is 9.29. The topological polar surface area (TPSA) is 17.1 Å². The molecular weight excluding hydrogens is 388 g/mol. The Labute approximate surface area is 197 Å². The highest BCUT2D eigenvalue weighted by Crippen LogP contribution is 2.45. The van der Waals surface area contributed by atoms with Gasteiger partial charge in [0.25, 0.3) is 0 Å². The summed E-state index contributed by atoms with van der Waals surface area (Å²) in [5.74, 6) is 0.610. The second-order valence-electron chi connectivity index (χ2n) is 10.2. The smallest absolute Gasteiger partial charge is 0.126 e. The minimum atomic E-state index is -0.0383. The fourth-order valence-corrected chi connectivity index (χ4v) is 5.42. The first-order chi connectivity index (χ1) is 15.7. The Morgan fingerprint density at radius 3 is 1.91 bits per heavy atom. The monoisotopic (exact) mass is 432 g/mol. The van der Waals surface area contributed by atoms with Crippen molar-refractivity contribution in [3.8, 4) is 11.1 Å². The van der Waals surface area contributed by atoms with Crippen molar-refractivity contribution in [3.05, 3.63) is 59.7 Å². The molecule has 2 aromatic carbocycles. The van der Waals surface area contributed by atoms with Gasteiger partial charge in [-0.25, -0.2) is 0 Å². The molecule has 1 aliphatic carbocycles. The first-order valence-corrected chi connectivity index (χ1v) is 13.4. The second kappa shape index (κ2) is 13.0. The molecule has 1 aliphatic rings. The summed E-state index contributed by atoms with van der Waals surface area (Å²) in [5, 5.41) is 0. The Morgan fingerprint density at radius 2 is 1.31 bits per heavy atom. The van der Waals surface area contributed by atoms with Crippen LogP contribution in [0.25, 0.3) is 11.1 Å². The molecule has 3 rings (SSSR count). The number of hydrogen-bond acceptors (Lipinski definition) is 1. The predicted molar refractivity (Wildman–Crippen MR) is 138 cm³/mol. The average molecular weight is 433 g/mol.